The second-order valence-electron chi connectivity index (χ2n) is 6.04. The molecule has 0 bridgehead atoms. The molecular formula is C19H18FN3O4. The van der Waals surface area contributed by atoms with Crippen LogP contribution in [0.5, 0.6) is 11.5 Å². The molecule has 2 aromatic carbocycles. The van der Waals surface area contributed by atoms with Gasteiger partial charge in [0.05, 0.1) is 20.4 Å². The van der Waals surface area contributed by atoms with Crippen LogP contribution in [0.15, 0.2) is 47.6 Å². The molecule has 1 aliphatic rings. The third-order valence-electron chi connectivity index (χ3n) is 4.31. The number of halogens is 1. The van der Waals surface area contributed by atoms with E-state index < -0.39 is 23.3 Å². The Hall–Kier alpha value is -3.42. The number of methoxy groups -OCH3 is 2. The summed E-state index contributed by atoms with van der Waals surface area (Å²) in [6.07, 6.45) is 1.23. The Labute approximate surface area is 155 Å². The number of nitrogens with one attached hydrogen (secondary N) is 1. The lowest BCUT2D eigenvalue weighted by Crippen LogP contribution is -2.40. The molecule has 0 saturated carbocycles. The molecule has 0 radical (unpaired) electrons. The number of rotatable bonds is 5. The molecule has 27 heavy (non-hydrogen) atoms. The number of imide groups is 1. The van der Waals surface area contributed by atoms with Crippen LogP contribution in [0.2, 0.25) is 0 Å². The summed E-state index contributed by atoms with van der Waals surface area (Å²) in [4.78, 5) is 25.1. The molecule has 8 heteroatoms. The number of nitrogens with zero attached hydrogens (tertiary/aromatic N) is 2. The van der Waals surface area contributed by atoms with Crippen LogP contribution in [0.1, 0.15) is 18.1 Å². The van der Waals surface area contributed by atoms with Gasteiger partial charge in [-0.1, -0.05) is 12.1 Å². The van der Waals surface area contributed by atoms with Gasteiger partial charge < -0.3 is 14.8 Å². The van der Waals surface area contributed by atoms with E-state index in [2.05, 4.69) is 10.4 Å². The monoisotopic (exact) mass is 371 g/mol. The molecule has 140 valence electrons. The Kier molecular flexibility index (Phi) is 4.81. The average molecular weight is 371 g/mol. The SMILES string of the molecule is COc1cccc([C@]2(C)NC(=O)N(/N=C\c3ccc(OC)c(F)c3)C2=O)c1. The van der Waals surface area contributed by atoms with Crippen molar-refractivity contribution >= 4 is 18.2 Å². The fraction of sp³-hybridized carbons (Fsp3) is 0.211. The fourth-order valence-corrected chi connectivity index (χ4v) is 2.75. The third kappa shape index (κ3) is 3.33. The molecule has 3 rings (SSSR count). The highest BCUT2D eigenvalue weighted by molar-refractivity contribution is 6.07. The lowest BCUT2D eigenvalue weighted by Gasteiger charge is -2.21. The standard InChI is InChI=1S/C19H18FN3O4/c1-19(13-5-4-6-14(10-13)26-2)17(24)23(18(25)22-19)21-11-12-7-8-16(27-3)15(20)9-12/h4-11H,1-3H3,(H,22,25)/b21-11-/t19-/m0/s1. The predicted octanol–water partition coefficient (Wildman–Crippen LogP) is 2.64. The summed E-state index contributed by atoms with van der Waals surface area (Å²) in [5.74, 6) is -0.468. The van der Waals surface area contributed by atoms with Crippen molar-refractivity contribution in [2.24, 2.45) is 5.10 Å². The quantitative estimate of drug-likeness (QED) is 0.647. The first kappa shape index (κ1) is 18.4. The van der Waals surface area contributed by atoms with E-state index in [1.54, 1.807) is 37.3 Å². The van der Waals surface area contributed by atoms with Crippen molar-refractivity contribution in [2.45, 2.75) is 12.5 Å². The zero-order valence-electron chi connectivity index (χ0n) is 15.0. The van der Waals surface area contributed by atoms with Crippen molar-refractivity contribution in [2.75, 3.05) is 14.2 Å². The minimum atomic E-state index is -1.28. The van der Waals surface area contributed by atoms with Gasteiger partial charge in [-0.05, 0) is 48.4 Å². The summed E-state index contributed by atoms with van der Waals surface area (Å²) >= 11 is 0. The Morgan fingerprint density at radius 1 is 1.15 bits per heavy atom. The molecule has 1 saturated heterocycles. The van der Waals surface area contributed by atoms with Gasteiger partial charge in [-0.25, -0.2) is 9.18 Å². The van der Waals surface area contributed by atoms with Crippen LogP contribution in [0.4, 0.5) is 9.18 Å². The fourth-order valence-electron chi connectivity index (χ4n) is 2.75. The minimum Gasteiger partial charge on any atom is -0.497 e. The summed E-state index contributed by atoms with van der Waals surface area (Å²) < 4.78 is 23.8. The molecule has 1 atom stereocenters. The van der Waals surface area contributed by atoms with E-state index in [1.165, 1.54) is 32.6 Å². The predicted molar refractivity (Wildman–Crippen MR) is 96.3 cm³/mol. The van der Waals surface area contributed by atoms with Gasteiger partial charge in [0, 0.05) is 0 Å². The summed E-state index contributed by atoms with van der Waals surface area (Å²) in [5.41, 5.74) is -0.342. The number of benzene rings is 2. The van der Waals surface area contributed by atoms with Crippen LogP contribution in [-0.2, 0) is 10.3 Å². The summed E-state index contributed by atoms with van der Waals surface area (Å²) in [5, 5.41) is 7.29. The Bertz CT molecular complexity index is 931. The lowest BCUT2D eigenvalue weighted by atomic mass is 9.92. The van der Waals surface area contributed by atoms with Gasteiger partial charge in [0.25, 0.3) is 5.91 Å². The molecule has 7 nitrogen and oxygen atoms in total. The first-order valence-electron chi connectivity index (χ1n) is 8.08. The van der Waals surface area contributed by atoms with E-state index in [-0.39, 0.29) is 5.75 Å². The van der Waals surface area contributed by atoms with E-state index in [0.717, 1.165) is 5.01 Å². The largest absolute Gasteiger partial charge is 0.497 e. The molecule has 1 fully saturated rings. The van der Waals surface area contributed by atoms with Gasteiger partial charge in [-0.2, -0.15) is 5.10 Å². The molecule has 2 aromatic rings. The van der Waals surface area contributed by atoms with Crippen LogP contribution < -0.4 is 14.8 Å². The van der Waals surface area contributed by atoms with Crippen LogP contribution in [0.3, 0.4) is 0 Å². The van der Waals surface area contributed by atoms with Crippen LogP contribution in [-0.4, -0.2) is 37.4 Å². The molecular weight excluding hydrogens is 353 g/mol. The number of hydrazone groups is 1. The van der Waals surface area contributed by atoms with E-state index >= 15 is 0 Å². The highest BCUT2D eigenvalue weighted by Gasteiger charge is 2.49. The molecule has 0 aromatic heterocycles. The molecule has 1 N–H and O–H groups in total. The maximum atomic E-state index is 13.8. The van der Waals surface area contributed by atoms with Gasteiger partial charge in [-0.3, -0.25) is 4.79 Å². The van der Waals surface area contributed by atoms with E-state index in [0.29, 0.717) is 16.9 Å². The van der Waals surface area contributed by atoms with Crippen molar-refractivity contribution in [3.05, 3.63) is 59.4 Å². The van der Waals surface area contributed by atoms with Crippen LogP contribution in [0, 0.1) is 5.82 Å². The molecule has 0 aliphatic carbocycles. The molecule has 3 amide bonds. The Morgan fingerprint density at radius 3 is 2.59 bits per heavy atom. The molecule has 1 aliphatic heterocycles. The van der Waals surface area contributed by atoms with Gasteiger partial charge in [-0.15, -0.1) is 5.01 Å². The number of hydrogen-bond acceptors (Lipinski definition) is 5. The third-order valence-corrected chi connectivity index (χ3v) is 4.31. The first-order valence-corrected chi connectivity index (χ1v) is 8.08. The van der Waals surface area contributed by atoms with Crippen molar-refractivity contribution < 1.29 is 23.5 Å². The minimum absolute atomic E-state index is 0.0905. The average Bonchev–Trinajstić information content (AvgIpc) is 2.89. The topological polar surface area (TPSA) is 80.2 Å². The van der Waals surface area contributed by atoms with Crippen molar-refractivity contribution in [1.29, 1.82) is 0 Å². The number of carbonyl (C=O) groups is 2. The number of urea groups is 1. The van der Waals surface area contributed by atoms with Crippen LogP contribution >= 0.6 is 0 Å². The number of hydrogen-bond donors (Lipinski definition) is 1. The van der Waals surface area contributed by atoms with E-state index in [1.807, 2.05) is 0 Å². The lowest BCUT2D eigenvalue weighted by molar-refractivity contribution is -0.131. The maximum Gasteiger partial charge on any atom is 0.346 e. The van der Waals surface area contributed by atoms with E-state index in [9.17, 15) is 14.0 Å². The maximum absolute atomic E-state index is 13.8. The smallest absolute Gasteiger partial charge is 0.346 e. The van der Waals surface area contributed by atoms with Crippen molar-refractivity contribution in [1.82, 2.24) is 10.3 Å². The number of ether oxygens (including phenoxy) is 2. The van der Waals surface area contributed by atoms with E-state index in [4.69, 9.17) is 9.47 Å². The highest BCUT2D eigenvalue weighted by atomic mass is 19.1. The summed E-state index contributed by atoms with van der Waals surface area (Å²) in [6, 6.07) is 10.4. The van der Waals surface area contributed by atoms with Crippen molar-refractivity contribution in [3.63, 3.8) is 0 Å². The summed E-state index contributed by atoms with van der Waals surface area (Å²) in [6.45, 7) is 1.59. The van der Waals surface area contributed by atoms with Gasteiger partial charge >= 0.3 is 6.03 Å². The Balaban J connectivity index is 1.86. The Morgan fingerprint density at radius 2 is 1.93 bits per heavy atom. The number of carbonyl (C=O) groups excluding carboxylic acids is 2. The van der Waals surface area contributed by atoms with Gasteiger partial charge in [0.2, 0.25) is 0 Å². The van der Waals surface area contributed by atoms with Crippen LogP contribution in [0.25, 0.3) is 0 Å². The highest BCUT2D eigenvalue weighted by Crippen LogP contribution is 2.31. The molecule has 1 heterocycles. The van der Waals surface area contributed by atoms with Gasteiger partial charge in [0.1, 0.15) is 11.3 Å². The molecule has 0 unspecified atom stereocenters. The van der Waals surface area contributed by atoms with Gasteiger partial charge in [0.15, 0.2) is 11.6 Å². The zero-order chi connectivity index (χ0) is 19.6. The second-order valence-corrected chi connectivity index (χ2v) is 6.04. The summed E-state index contributed by atoms with van der Waals surface area (Å²) in [7, 11) is 2.87. The zero-order valence-corrected chi connectivity index (χ0v) is 15.0. The molecule has 0 spiro atoms. The normalized spacial score (nSPS) is 19.5. The number of amides is 3. The second kappa shape index (κ2) is 7.06. The first-order chi connectivity index (χ1) is 12.9. The van der Waals surface area contributed by atoms with Crippen molar-refractivity contribution in [3.8, 4) is 11.5 Å².